The van der Waals surface area contributed by atoms with Crippen LogP contribution in [0.3, 0.4) is 0 Å². The summed E-state index contributed by atoms with van der Waals surface area (Å²) in [6.07, 6.45) is 4.38. The molecule has 70 valence electrons. The Morgan fingerprint density at radius 2 is 2.58 bits per heavy atom. The third-order valence-electron chi connectivity index (χ3n) is 2.44. The fourth-order valence-electron chi connectivity index (χ4n) is 1.87. The van der Waals surface area contributed by atoms with E-state index in [4.69, 9.17) is 14.9 Å². The van der Waals surface area contributed by atoms with E-state index in [0.717, 1.165) is 18.9 Å². The van der Waals surface area contributed by atoms with E-state index < -0.39 is 9.71 Å². The first kappa shape index (κ1) is 8.88. The highest BCUT2D eigenvalue weighted by molar-refractivity contribution is 8.46. The van der Waals surface area contributed by atoms with Crippen molar-refractivity contribution in [1.82, 2.24) is 4.31 Å². The average molecular weight is 208 g/mol. The Kier molecular flexibility index (Phi) is 2.38. The second-order valence-electron chi connectivity index (χ2n) is 3.24. The predicted molar refractivity (Wildman–Crippen MR) is 54.2 cm³/mol. The Bertz CT molecular complexity index is 201. The maximum Gasteiger partial charge on any atom is 0.0787 e. The normalized spacial score (nSPS) is 46.9. The summed E-state index contributed by atoms with van der Waals surface area (Å²) in [5.74, 6) is 0.797. The van der Waals surface area contributed by atoms with Crippen LogP contribution in [-0.4, -0.2) is 29.3 Å². The number of hydrogen-bond donors (Lipinski definition) is 0. The van der Waals surface area contributed by atoms with Crippen LogP contribution in [-0.2, 0) is 4.18 Å². The Balaban J connectivity index is 2.11. The average Bonchev–Trinajstić information content (AvgIpc) is 2.57. The lowest BCUT2D eigenvalue weighted by Gasteiger charge is -2.33. The summed E-state index contributed by atoms with van der Waals surface area (Å²) in [4.78, 5) is 0. The fourth-order valence-corrected chi connectivity index (χ4v) is 4.93. The van der Waals surface area contributed by atoms with Crippen molar-refractivity contribution in [3.8, 4) is 0 Å². The highest BCUT2D eigenvalue weighted by atomic mass is 35.7. The van der Waals surface area contributed by atoms with Crippen LogP contribution in [0.25, 0.3) is 0 Å². The third-order valence-corrected chi connectivity index (χ3v) is 5.94. The smallest absolute Gasteiger partial charge is 0.0787 e. The molecule has 2 unspecified atom stereocenters. The molecule has 2 fully saturated rings. The van der Waals surface area contributed by atoms with E-state index in [0.29, 0.717) is 6.04 Å². The molecular weight excluding hydrogens is 194 g/mol. The molecule has 0 aliphatic carbocycles. The molecule has 0 aromatic heterocycles. The van der Waals surface area contributed by atoms with Gasteiger partial charge < -0.3 is 4.18 Å². The lowest BCUT2D eigenvalue weighted by Crippen LogP contribution is -2.24. The number of hydrogen-bond acceptors (Lipinski definition) is 2. The van der Waals surface area contributed by atoms with Crippen molar-refractivity contribution < 1.29 is 4.18 Å². The van der Waals surface area contributed by atoms with E-state index >= 15 is 0 Å². The maximum absolute atomic E-state index is 6.39. The van der Waals surface area contributed by atoms with Crippen LogP contribution in [0.1, 0.15) is 12.8 Å². The zero-order valence-electron chi connectivity index (χ0n) is 7.04. The minimum absolute atomic E-state index is 0.595. The van der Waals surface area contributed by atoms with Gasteiger partial charge in [0, 0.05) is 28.0 Å². The molecule has 2 saturated heterocycles. The van der Waals surface area contributed by atoms with Crippen LogP contribution in [0.5, 0.6) is 0 Å². The van der Waals surface area contributed by atoms with Crippen molar-refractivity contribution in [2.45, 2.75) is 18.9 Å². The summed E-state index contributed by atoms with van der Waals surface area (Å²) in [7, 11) is 4.94. The molecule has 2 aliphatic rings. The highest BCUT2D eigenvalue weighted by Gasteiger charge is 2.44. The van der Waals surface area contributed by atoms with Gasteiger partial charge in [-0.25, -0.2) is 4.31 Å². The zero-order valence-corrected chi connectivity index (χ0v) is 8.61. The summed E-state index contributed by atoms with van der Waals surface area (Å²) < 4.78 is 7.99. The lowest BCUT2D eigenvalue weighted by molar-refractivity contribution is 0.343. The molecular formula is C8H14ClNOS. The number of nitrogens with zero attached hydrogens (tertiary/aromatic N) is 1. The van der Waals surface area contributed by atoms with Crippen LogP contribution in [0, 0.1) is 0 Å². The largest absolute Gasteiger partial charge is 0.307 e. The van der Waals surface area contributed by atoms with Crippen molar-refractivity contribution in [3.05, 3.63) is 12.7 Å². The third kappa shape index (κ3) is 1.29. The van der Waals surface area contributed by atoms with Crippen molar-refractivity contribution in [1.29, 1.82) is 0 Å². The highest BCUT2D eigenvalue weighted by Crippen LogP contribution is 2.64. The van der Waals surface area contributed by atoms with Crippen molar-refractivity contribution in [2.24, 2.45) is 0 Å². The minimum atomic E-state index is -1.44. The number of fused-ring (bicyclic) bond motifs is 1. The molecule has 2 heterocycles. The van der Waals surface area contributed by atoms with E-state index in [1.807, 2.05) is 6.08 Å². The monoisotopic (exact) mass is 207 g/mol. The van der Waals surface area contributed by atoms with E-state index in [2.05, 4.69) is 10.9 Å². The van der Waals surface area contributed by atoms with Gasteiger partial charge in [-0.15, -0.1) is 6.58 Å². The van der Waals surface area contributed by atoms with E-state index in [-0.39, 0.29) is 0 Å². The van der Waals surface area contributed by atoms with Gasteiger partial charge in [-0.3, -0.25) is 0 Å². The molecule has 0 aromatic rings. The molecule has 0 amide bonds. The molecule has 0 N–H and O–H groups in total. The van der Waals surface area contributed by atoms with E-state index in [1.165, 1.54) is 12.8 Å². The molecule has 2 nitrogen and oxygen atoms in total. The van der Waals surface area contributed by atoms with Crippen molar-refractivity contribution >= 4 is 20.4 Å². The van der Waals surface area contributed by atoms with Crippen molar-refractivity contribution in [3.63, 3.8) is 0 Å². The first-order valence-electron chi connectivity index (χ1n) is 4.29. The van der Waals surface area contributed by atoms with Crippen LogP contribution >= 0.6 is 20.4 Å². The standard InChI is InChI=1S/C8H14ClNOS/c1-2-6-12(9)10-5-3-4-8(10)7-11-12/h2,8H,1,3-7H2. The van der Waals surface area contributed by atoms with Gasteiger partial charge in [0.25, 0.3) is 0 Å². The molecule has 2 aliphatic heterocycles. The molecule has 4 heteroatoms. The van der Waals surface area contributed by atoms with Gasteiger partial charge in [0.15, 0.2) is 0 Å². The van der Waals surface area contributed by atoms with Gasteiger partial charge in [0.05, 0.1) is 6.61 Å². The molecule has 0 spiro atoms. The summed E-state index contributed by atoms with van der Waals surface area (Å²) in [6, 6.07) is 0.595. The Morgan fingerprint density at radius 3 is 3.33 bits per heavy atom. The van der Waals surface area contributed by atoms with Crippen LogP contribution in [0.4, 0.5) is 0 Å². The fraction of sp³-hybridized carbons (Fsp3) is 0.750. The van der Waals surface area contributed by atoms with Gasteiger partial charge in [-0.2, -0.15) is 0 Å². The van der Waals surface area contributed by atoms with Gasteiger partial charge in [0.1, 0.15) is 0 Å². The first-order valence-corrected chi connectivity index (χ1v) is 6.80. The van der Waals surface area contributed by atoms with Crippen LogP contribution in [0.2, 0.25) is 0 Å². The van der Waals surface area contributed by atoms with Crippen molar-refractivity contribution in [2.75, 3.05) is 18.9 Å². The van der Waals surface area contributed by atoms with Gasteiger partial charge in [0.2, 0.25) is 0 Å². The van der Waals surface area contributed by atoms with Gasteiger partial charge >= 0.3 is 0 Å². The quantitative estimate of drug-likeness (QED) is 0.645. The zero-order chi connectivity index (χ0) is 8.60. The summed E-state index contributed by atoms with van der Waals surface area (Å²) in [6.45, 7) is 5.65. The second kappa shape index (κ2) is 3.22. The first-order chi connectivity index (χ1) is 5.76. The maximum atomic E-state index is 6.39. The Labute approximate surface area is 79.7 Å². The van der Waals surface area contributed by atoms with Crippen LogP contribution < -0.4 is 0 Å². The predicted octanol–water partition coefficient (Wildman–Crippen LogP) is 2.46. The molecule has 0 aromatic carbocycles. The van der Waals surface area contributed by atoms with E-state index in [9.17, 15) is 0 Å². The van der Waals surface area contributed by atoms with Crippen LogP contribution in [0.15, 0.2) is 12.7 Å². The lowest BCUT2D eigenvalue weighted by atomic mass is 10.2. The second-order valence-corrected chi connectivity index (χ2v) is 6.85. The number of halogens is 1. The Hall–Kier alpha value is 0.300. The van der Waals surface area contributed by atoms with Gasteiger partial charge in [-0.1, -0.05) is 6.08 Å². The van der Waals surface area contributed by atoms with E-state index in [1.54, 1.807) is 0 Å². The summed E-state index contributed by atoms with van der Waals surface area (Å²) in [5, 5.41) is 0. The number of rotatable bonds is 2. The molecule has 12 heavy (non-hydrogen) atoms. The molecule has 2 rings (SSSR count). The molecule has 0 bridgehead atoms. The van der Waals surface area contributed by atoms with Gasteiger partial charge in [-0.05, 0) is 23.5 Å². The molecule has 2 atom stereocenters. The minimum Gasteiger partial charge on any atom is -0.307 e. The summed E-state index contributed by atoms with van der Waals surface area (Å²) >= 11 is 0. The topological polar surface area (TPSA) is 12.5 Å². The summed E-state index contributed by atoms with van der Waals surface area (Å²) in [5.41, 5.74) is 0. The SMILES string of the molecule is C=CCS1(Cl)OCC2CCCN21. The molecule has 0 radical (unpaired) electrons. The molecule has 0 saturated carbocycles. The Morgan fingerprint density at radius 1 is 1.75 bits per heavy atom.